The molecular weight excluding hydrogens is 264 g/mol. The van der Waals surface area contributed by atoms with Crippen molar-refractivity contribution in [1.82, 2.24) is 9.88 Å². The number of pyridine rings is 1. The van der Waals surface area contributed by atoms with E-state index >= 15 is 0 Å². The number of nitrogens with zero attached hydrogens (tertiary/aromatic N) is 1. The fraction of sp³-hybridized carbons (Fsp3) is 0.353. The molecule has 0 aliphatic heterocycles. The number of rotatable bonds is 6. The van der Waals surface area contributed by atoms with E-state index in [-0.39, 0.29) is 11.6 Å². The van der Waals surface area contributed by atoms with Crippen LogP contribution >= 0.6 is 0 Å². The Balaban J connectivity index is 2.19. The van der Waals surface area contributed by atoms with Gasteiger partial charge in [-0.1, -0.05) is 18.2 Å². The number of aromatic nitrogens is 1. The summed E-state index contributed by atoms with van der Waals surface area (Å²) in [5, 5.41) is 3.26. The Morgan fingerprint density at radius 3 is 2.57 bits per heavy atom. The second kappa shape index (κ2) is 7.09. The summed E-state index contributed by atoms with van der Waals surface area (Å²) < 4.78 is 7.19. The number of nitrogens with one attached hydrogen (secondary N) is 1. The van der Waals surface area contributed by atoms with Gasteiger partial charge in [0.25, 0.3) is 5.56 Å². The maximum Gasteiger partial charge on any atom is 0.253 e. The Kier molecular flexibility index (Phi) is 5.17. The van der Waals surface area contributed by atoms with Gasteiger partial charge in [-0.25, -0.2) is 0 Å². The summed E-state index contributed by atoms with van der Waals surface area (Å²) in [6, 6.07) is 11.8. The monoisotopic (exact) mass is 286 g/mol. The van der Waals surface area contributed by atoms with Crippen molar-refractivity contribution >= 4 is 0 Å². The van der Waals surface area contributed by atoms with Crippen LogP contribution in [0.3, 0.4) is 0 Å². The lowest BCUT2D eigenvalue weighted by Gasteiger charge is -2.18. The molecule has 4 nitrogen and oxygen atoms in total. The maximum atomic E-state index is 12.1. The molecule has 0 radical (unpaired) electrons. The fourth-order valence-electron chi connectivity index (χ4n) is 2.32. The Morgan fingerprint density at radius 1 is 1.24 bits per heavy atom. The van der Waals surface area contributed by atoms with Gasteiger partial charge in [-0.15, -0.1) is 0 Å². The lowest BCUT2D eigenvalue weighted by atomic mass is 10.1. The molecule has 1 N–H and O–H groups in total. The number of aryl methyl sites for hydroxylation is 1. The van der Waals surface area contributed by atoms with E-state index in [0.29, 0.717) is 13.2 Å². The molecule has 0 aliphatic rings. The SMILES string of the molecule is CCOc1ccc(C(Cn2cccc(C)c2=O)NC)cc1. The molecule has 0 spiro atoms. The maximum absolute atomic E-state index is 12.1. The molecule has 0 amide bonds. The first-order chi connectivity index (χ1) is 10.2. The average molecular weight is 286 g/mol. The van der Waals surface area contributed by atoms with Crippen molar-refractivity contribution < 1.29 is 4.74 Å². The Morgan fingerprint density at radius 2 is 1.95 bits per heavy atom. The summed E-state index contributed by atoms with van der Waals surface area (Å²) in [6.07, 6.45) is 1.83. The van der Waals surface area contributed by atoms with Gasteiger partial charge < -0.3 is 14.6 Å². The minimum atomic E-state index is 0.0590. The number of benzene rings is 1. The van der Waals surface area contributed by atoms with Gasteiger partial charge >= 0.3 is 0 Å². The van der Waals surface area contributed by atoms with Gasteiger partial charge in [-0.3, -0.25) is 4.79 Å². The first-order valence-electron chi connectivity index (χ1n) is 7.21. The van der Waals surface area contributed by atoms with Crippen LogP contribution in [0.2, 0.25) is 0 Å². The van der Waals surface area contributed by atoms with Crippen molar-refractivity contribution in [2.24, 2.45) is 0 Å². The minimum absolute atomic E-state index is 0.0590. The van der Waals surface area contributed by atoms with Gasteiger partial charge in [0.2, 0.25) is 0 Å². The molecule has 1 heterocycles. The third-order valence-corrected chi connectivity index (χ3v) is 3.53. The van der Waals surface area contributed by atoms with Crippen molar-refractivity contribution in [2.75, 3.05) is 13.7 Å². The van der Waals surface area contributed by atoms with Crippen LogP contribution in [0.15, 0.2) is 47.4 Å². The highest BCUT2D eigenvalue weighted by Gasteiger charge is 2.11. The number of hydrogen-bond acceptors (Lipinski definition) is 3. The van der Waals surface area contributed by atoms with Gasteiger partial charge in [-0.05, 0) is 44.7 Å². The molecule has 0 fully saturated rings. The molecular formula is C17H22N2O2. The lowest BCUT2D eigenvalue weighted by molar-refractivity contribution is 0.340. The second-order valence-corrected chi connectivity index (χ2v) is 4.99. The van der Waals surface area contributed by atoms with E-state index in [2.05, 4.69) is 5.32 Å². The van der Waals surface area contributed by atoms with E-state index < -0.39 is 0 Å². The van der Waals surface area contributed by atoms with E-state index in [1.54, 1.807) is 4.57 Å². The number of likely N-dealkylation sites (N-methyl/N-ethyl adjacent to an activating group) is 1. The highest BCUT2D eigenvalue weighted by Crippen LogP contribution is 2.18. The van der Waals surface area contributed by atoms with E-state index in [1.807, 2.05) is 63.5 Å². The molecule has 1 aromatic heterocycles. The van der Waals surface area contributed by atoms with Gasteiger partial charge in [0.05, 0.1) is 12.6 Å². The highest BCUT2D eigenvalue weighted by atomic mass is 16.5. The quantitative estimate of drug-likeness (QED) is 0.887. The summed E-state index contributed by atoms with van der Waals surface area (Å²) in [5.74, 6) is 0.865. The average Bonchev–Trinajstić information content (AvgIpc) is 2.50. The van der Waals surface area contributed by atoms with Crippen molar-refractivity contribution in [1.29, 1.82) is 0 Å². The Labute approximate surface area is 125 Å². The van der Waals surface area contributed by atoms with Crippen LogP contribution < -0.4 is 15.6 Å². The molecule has 4 heteroatoms. The van der Waals surface area contributed by atoms with Gasteiger partial charge in [-0.2, -0.15) is 0 Å². The predicted molar refractivity (Wildman–Crippen MR) is 84.9 cm³/mol. The summed E-state index contributed by atoms with van der Waals surface area (Å²) in [4.78, 5) is 12.1. The van der Waals surface area contributed by atoms with Gasteiger partial charge in [0, 0.05) is 18.3 Å². The van der Waals surface area contributed by atoms with Crippen molar-refractivity contribution in [3.05, 3.63) is 64.1 Å². The second-order valence-electron chi connectivity index (χ2n) is 4.99. The molecule has 0 saturated carbocycles. The molecule has 2 aromatic rings. The molecule has 0 aliphatic carbocycles. The predicted octanol–water partition coefficient (Wildman–Crippen LogP) is 2.52. The zero-order valence-corrected chi connectivity index (χ0v) is 12.8. The molecule has 112 valence electrons. The number of hydrogen-bond donors (Lipinski definition) is 1. The third-order valence-electron chi connectivity index (χ3n) is 3.53. The van der Waals surface area contributed by atoms with Crippen molar-refractivity contribution in [3.63, 3.8) is 0 Å². The fourth-order valence-corrected chi connectivity index (χ4v) is 2.32. The first-order valence-corrected chi connectivity index (χ1v) is 7.21. The summed E-state index contributed by atoms with van der Waals surface area (Å²) in [6.45, 7) is 5.07. The summed E-state index contributed by atoms with van der Waals surface area (Å²) in [7, 11) is 1.90. The van der Waals surface area contributed by atoms with Crippen LogP contribution in [0, 0.1) is 6.92 Å². The van der Waals surface area contributed by atoms with E-state index in [9.17, 15) is 4.79 Å². The lowest BCUT2D eigenvalue weighted by Crippen LogP contribution is -2.29. The van der Waals surface area contributed by atoms with Crippen molar-refractivity contribution in [2.45, 2.75) is 26.4 Å². The van der Waals surface area contributed by atoms with Crippen LogP contribution in [0.25, 0.3) is 0 Å². The van der Waals surface area contributed by atoms with Crippen molar-refractivity contribution in [3.8, 4) is 5.75 Å². The zero-order valence-electron chi connectivity index (χ0n) is 12.8. The standard InChI is InChI=1S/C17H22N2O2/c1-4-21-15-9-7-14(8-10-15)16(18-3)12-19-11-5-6-13(2)17(19)20/h5-11,16,18H,4,12H2,1-3H3. The van der Waals surface area contributed by atoms with Crippen LogP contribution in [-0.2, 0) is 6.54 Å². The molecule has 21 heavy (non-hydrogen) atoms. The molecule has 0 saturated heterocycles. The normalized spacial score (nSPS) is 12.1. The van der Waals surface area contributed by atoms with Gasteiger partial charge in [0.1, 0.15) is 5.75 Å². The Hall–Kier alpha value is -2.07. The highest BCUT2D eigenvalue weighted by molar-refractivity contribution is 5.29. The zero-order chi connectivity index (χ0) is 15.2. The smallest absolute Gasteiger partial charge is 0.253 e. The summed E-state index contributed by atoms with van der Waals surface area (Å²) >= 11 is 0. The first kappa shape index (κ1) is 15.3. The summed E-state index contributed by atoms with van der Waals surface area (Å²) in [5.41, 5.74) is 1.96. The molecule has 1 atom stereocenters. The van der Waals surface area contributed by atoms with Crippen LogP contribution in [0.5, 0.6) is 5.75 Å². The minimum Gasteiger partial charge on any atom is -0.494 e. The molecule has 0 bridgehead atoms. The number of ether oxygens (including phenoxy) is 1. The van der Waals surface area contributed by atoms with E-state index in [4.69, 9.17) is 4.74 Å². The Bertz CT molecular complexity index is 632. The van der Waals surface area contributed by atoms with Crippen LogP contribution in [0.4, 0.5) is 0 Å². The third kappa shape index (κ3) is 3.73. The van der Waals surface area contributed by atoms with E-state index in [1.165, 1.54) is 0 Å². The molecule has 2 rings (SSSR count). The topological polar surface area (TPSA) is 43.3 Å². The molecule has 1 unspecified atom stereocenters. The van der Waals surface area contributed by atoms with Gasteiger partial charge in [0.15, 0.2) is 0 Å². The van der Waals surface area contributed by atoms with Crippen LogP contribution in [-0.4, -0.2) is 18.2 Å². The molecule has 1 aromatic carbocycles. The van der Waals surface area contributed by atoms with E-state index in [0.717, 1.165) is 16.9 Å². The largest absolute Gasteiger partial charge is 0.494 e. The van der Waals surface area contributed by atoms with Crippen LogP contribution in [0.1, 0.15) is 24.1 Å².